The average Bonchev–Trinajstić information content (AvgIpc) is 2.54. The molecule has 1 amide bonds. The van der Waals surface area contributed by atoms with Crippen molar-refractivity contribution in [3.8, 4) is 0 Å². The van der Waals surface area contributed by atoms with Gasteiger partial charge in [-0.15, -0.1) is 0 Å². The molecule has 0 spiro atoms. The topological polar surface area (TPSA) is 72.9 Å². The molecular formula is C13H15BrN4O. The van der Waals surface area contributed by atoms with Crippen LogP contribution in [0.25, 0.3) is 0 Å². The van der Waals surface area contributed by atoms with E-state index in [9.17, 15) is 4.79 Å². The number of halogens is 1. The summed E-state index contributed by atoms with van der Waals surface area (Å²) >= 11 is 3.32. The number of nitrogens with zero attached hydrogens (tertiary/aromatic N) is 2. The maximum Gasteiger partial charge on any atom is 0.255 e. The van der Waals surface area contributed by atoms with Crippen molar-refractivity contribution in [1.29, 1.82) is 0 Å². The lowest BCUT2D eigenvalue weighted by Gasteiger charge is -2.07. The fraction of sp³-hybridized carbons (Fsp3) is 0.231. The summed E-state index contributed by atoms with van der Waals surface area (Å²) in [5, 5.41) is 7.13. The van der Waals surface area contributed by atoms with Gasteiger partial charge in [-0.25, -0.2) is 0 Å². The standard InChI is InChI=1S/C13H15BrN4O/c1-7-12(8(2)18(3)17-7)16-13(19)9-4-10(14)6-11(15)5-9/h4-6H,15H2,1-3H3,(H,16,19). The maximum atomic E-state index is 12.2. The van der Waals surface area contributed by atoms with Crippen LogP contribution in [-0.2, 0) is 7.05 Å². The number of hydrogen-bond donors (Lipinski definition) is 2. The van der Waals surface area contributed by atoms with Gasteiger partial charge in [-0.05, 0) is 32.0 Å². The van der Waals surface area contributed by atoms with Crippen molar-refractivity contribution >= 4 is 33.2 Å². The SMILES string of the molecule is Cc1nn(C)c(C)c1NC(=O)c1cc(N)cc(Br)c1. The Labute approximate surface area is 119 Å². The molecule has 0 aliphatic rings. The molecule has 0 radical (unpaired) electrons. The van der Waals surface area contributed by atoms with Crippen LogP contribution in [0.5, 0.6) is 0 Å². The Balaban J connectivity index is 2.30. The first-order valence-corrected chi connectivity index (χ1v) is 6.55. The van der Waals surface area contributed by atoms with Gasteiger partial charge in [0.15, 0.2) is 0 Å². The Hall–Kier alpha value is -1.82. The van der Waals surface area contributed by atoms with Crippen molar-refractivity contribution in [2.75, 3.05) is 11.1 Å². The Kier molecular flexibility index (Phi) is 3.61. The lowest BCUT2D eigenvalue weighted by Crippen LogP contribution is -2.13. The summed E-state index contributed by atoms with van der Waals surface area (Å²) in [7, 11) is 1.84. The Morgan fingerprint density at radius 3 is 2.58 bits per heavy atom. The van der Waals surface area contributed by atoms with Gasteiger partial charge in [0.1, 0.15) is 0 Å². The largest absolute Gasteiger partial charge is 0.399 e. The van der Waals surface area contributed by atoms with Gasteiger partial charge in [-0.2, -0.15) is 5.10 Å². The molecule has 0 fully saturated rings. The summed E-state index contributed by atoms with van der Waals surface area (Å²) < 4.78 is 2.51. The smallest absolute Gasteiger partial charge is 0.255 e. The summed E-state index contributed by atoms with van der Waals surface area (Å²) in [6, 6.07) is 5.12. The van der Waals surface area contributed by atoms with Crippen LogP contribution < -0.4 is 11.1 Å². The van der Waals surface area contributed by atoms with Crippen LogP contribution in [0.1, 0.15) is 21.7 Å². The molecule has 3 N–H and O–H groups in total. The summed E-state index contributed by atoms with van der Waals surface area (Å²) in [6.07, 6.45) is 0. The van der Waals surface area contributed by atoms with E-state index in [0.717, 1.165) is 21.5 Å². The molecule has 2 aromatic rings. The summed E-state index contributed by atoms with van der Waals surface area (Å²) in [4.78, 5) is 12.2. The third-order valence-corrected chi connectivity index (χ3v) is 3.39. The highest BCUT2D eigenvalue weighted by atomic mass is 79.9. The molecule has 0 saturated heterocycles. The van der Waals surface area contributed by atoms with E-state index in [-0.39, 0.29) is 5.91 Å². The van der Waals surface area contributed by atoms with Crippen LogP contribution in [0.4, 0.5) is 11.4 Å². The molecule has 0 atom stereocenters. The lowest BCUT2D eigenvalue weighted by atomic mass is 10.2. The summed E-state index contributed by atoms with van der Waals surface area (Å²) in [5.74, 6) is -0.202. The van der Waals surface area contributed by atoms with Gasteiger partial charge in [0.05, 0.1) is 17.1 Å². The predicted molar refractivity (Wildman–Crippen MR) is 79.2 cm³/mol. The molecule has 2 rings (SSSR count). The number of nitrogens with one attached hydrogen (secondary N) is 1. The predicted octanol–water partition coefficient (Wildman–Crippen LogP) is 2.63. The molecule has 100 valence electrons. The zero-order chi connectivity index (χ0) is 14.2. The van der Waals surface area contributed by atoms with Gasteiger partial charge in [0.25, 0.3) is 5.91 Å². The van der Waals surface area contributed by atoms with Crippen LogP contribution in [-0.4, -0.2) is 15.7 Å². The Bertz CT molecular complexity index is 628. The van der Waals surface area contributed by atoms with E-state index in [0.29, 0.717) is 11.3 Å². The third kappa shape index (κ3) is 2.78. The van der Waals surface area contributed by atoms with Crippen LogP contribution in [0.2, 0.25) is 0 Å². The van der Waals surface area contributed by atoms with Gasteiger partial charge < -0.3 is 11.1 Å². The number of amides is 1. The third-order valence-electron chi connectivity index (χ3n) is 2.93. The quantitative estimate of drug-likeness (QED) is 0.835. The van der Waals surface area contributed by atoms with E-state index in [2.05, 4.69) is 26.3 Å². The Morgan fingerprint density at radius 2 is 2.05 bits per heavy atom. The normalized spacial score (nSPS) is 10.5. The van der Waals surface area contributed by atoms with Crippen molar-refractivity contribution in [2.45, 2.75) is 13.8 Å². The van der Waals surface area contributed by atoms with Crippen molar-refractivity contribution in [1.82, 2.24) is 9.78 Å². The second-order valence-corrected chi connectivity index (χ2v) is 5.31. The van der Waals surface area contributed by atoms with Gasteiger partial charge in [-0.3, -0.25) is 9.48 Å². The second kappa shape index (κ2) is 5.05. The minimum absolute atomic E-state index is 0.202. The number of nitrogen functional groups attached to an aromatic ring is 1. The molecule has 0 aliphatic carbocycles. The van der Waals surface area contributed by atoms with Crippen molar-refractivity contribution in [2.24, 2.45) is 7.05 Å². The van der Waals surface area contributed by atoms with Crippen molar-refractivity contribution < 1.29 is 4.79 Å². The molecule has 1 aromatic carbocycles. The van der Waals surface area contributed by atoms with E-state index in [4.69, 9.17) is 5.73 Å². The fourth-order valence-corrected chi connectivity index (χ4v) is 2.39. The van der Waals surface area contributed by atoms with Crippen molar-refractivity contribution in [3.05, 3.63) is 39.6 Å². The average molecular weight is 323 g/mol. The van der Waals surface area contributed by atoms with Crippen LogP contribution >= 0.6 is 15.9 Å². The first-order valence-electron chi connectivity index (χ1n) is 5.76. The number of benzene rings is 1. The van der Waals surface area contributed by atoms with E-state index >= 15 is 0 Å². The van der Waals surface area contributed by atoms with Crippen LogP contribution in [0, 0.1) is 13.8 Å². The minimum Gasteiger partial charge on any atom is -0.399 e. The zero-order valence-corrected chi connectivity index (χ0v) is 12.6. The van der Waals surface area contributed by atoms with Gasteiger partial charge in [0, 0.05) is 22.8 Å². The van der Waals surface area contributed by atoms with E-state index in [1.165, 1.54) is 0 Å². The number of rotatable bonds is 2. The highest BCUT2D eigenvalue weighted by Gasteiger charge is 2.14. The molecule has 5 nitrogen and oxygen atoms in total. The molecular weight excluding hydrogens is 308 g/mol. The molecule has 1 aromatic heterocycles. The van der Waals surface area contributed by atoms with Crippen LogP contribution in [0.3, 0.4) is 0 Å². The molecule has 0 bridgehead atoms. The molecule has 0 unspecified atom stereocenters. The van der Waals surface area contributed by atoms with Crippen LogP contribution in [0.15, 0.2) is 22.7 Å². The maximum absolute atomic E-state index is 12.2. The van der Waals surface area contributed by atoms with Gasteiger partial charge in [-0.1, -0.05) is 15.9 Å². The number of carbonyl (C=O) groups is 1. The molecule has 6 heteroatoms. The summed E-state index contributed by atoms with van der Waals surface area (Å²) in [6.45, 7) is 3.77. The first kappa shape index (κ1) is 13.6. The van der Waals surface area contributed by atoms with Gasteiger partial charge in [0.2, 0.25) is 0 Å². The fourth-order valence-electron chi connectivity index (χ4n) is 1.88. The Morgan fingerprint density at radius 1 is 1.37 bits per heavy atom. The van der Waals surface area contributed by atoms with E-state index < -0.39 is 0 Å². The number of anilines is 2. The van der Waals surface area contributed by atoms with Gasteiger partial charge >= 0.3 is 0 Å². The number of carbonyl (C=O) groups excluding carboxylic acids is 1. The zero-order valence-electron chi connectivity index (χ0n) is 11.0. The van der Waals surface area contributed by atoms with E-state index in [1.807, 2.05) is 20.9 Å². The molecule has 0 aliphatic heterocycles. The highest BCUT2D eigenvalue weighted by Crippen LogP contribution is 2.21. The lowest BCUT2D eigenvalue weighted by molar-refractivity contribution is 0.102. The van der Waals surface area contributed by atoms with Crippen molar-refractivity contribution in [3.63, 3.8) is 0 Å². The summed E-state index contributed by atoms with van der Waals surface area (Å²) in [5.41, 5.74) is 9.22. The molecule has 1 heterocycles. The number of hydrogen-bond acceptors (Lipinski definition) is 3. The number of nitrogens with two attached hydrogens (primary N) is 1. The number of aromatic nitrogens is 2. The highest BCUT2D eigenvalue weighted by molar-refractivity contribution is 9.10. The van der Waals surface area contributed by atoms with E-state index in [1.54, 1.807) is 22.9 Å². The monoisotopic (exact) mass is 322 g/mol. The number of aryl methyl sites for hydroxylation is 2. The first-order chi connectivity index (χ1) is 8.88. The minimum atomic E-state index is -0.202. The molecule has 0 saturated carbocycles. The molecule has 19 heavy (non-hydrogen) atoms. The second-order valence-electron chi connectivity index (χ2n) is 4.40.